The van der Waals surface area contributed by atoms with Crippen LogP contribution in [0.5, 0.6) is 0 Å². The lowest BCUT2D eigenvalue weighted by molar-refractivity contribution is -0.144. The molecular weight excluding hydrogens is 235 g/mol. The molecule has 1 heterocycles. The Balaban J connectivity index is 2.48. The Morgan fingerprint density at radius 1 is 1.44 bits per heavy atom. The van der Waals surface area contributed by atoms with Crippen LogP contribution in [0.15, 0.2) is 0 Å². The van der Waals surface area contributed by atoms with Crippen LogP contribution in [0, 0.1) is 0 Å². The fourth-order valence-electron chi connectivity index (χ4n) is 2.44. The van der Waals surface area contributed by atoms with Gasteiger partial charge >= 0.3 is 13.1 Å². The van der Waals surface area contributed by atoms with Crippen molar-refractivity contribution in [2.75, 3.05) is 20.6 Å². The van der Waals surface area contributed by atoms with Gasteiger partial charge in [0.2, 0.25) is 0 Å². The van der Waals surface area contributed by atoms with Gasteiger partial charge in [-0.3, -0.25) is 4.79 Å². The number of carbonyl (C=O) groups is 1. The average Bonchev–Trinajstić information content (AvgIpc) is 2.70. The molecule has 0 aliphatic carbocycles. The minimum Gasteiger partial charge on any atom is -0.480 e. The number of aliphatic carboxylic acids is 1. The van der Waals surface area contributed by atoms with Gasteiger partial charge in [0.05, 0.1) is 0 Å². The van der Waals surface area contributed by atoms with Gasteiger partial charge in [-0.05, 0) is 33.3 Å². The molecule has 0 radical (unpaired) electrons. The van der Waals surface area contributed by atoms with Crippen molar-refractivity contribution in [3.63, 3.8) is 0 Å². The molecular formula is C11H23BN2O4. The molecule has 1 aliphatic heterocycles. The largest absolute Gasteiger partial charge is 0.480 e. The molecule has 2 atom stereocenters. The smallest absolute Gasteiger partial charge is 0.451 e. The van der Waals surface area contributed by atoms with Gasteiger partial charge in [0.15, 0.2) is 0 Å². The molecule has 1 saturated heterocycles. The van der Waals surface area contributed by atoms with Gasteiger partial charge in [-0.25, -0.2) is 0 Å². The topological polar surface area (TPSA) is 93.0 Å². The highest BCUT2D eigenvalue weighted by Crippen LogP contribution is 2.28. The van der Waals surface area contributed by atoms with Crippen molar-refractivity contribution in [1.29, 1.82) is 0 Å². The second-order valence-electron chi connectivity index (χ2n) is 5.32. The van der Waals surface area contributed by atoms with Crippen molar-refractivity contribution in [2.45, 2.75) is 43.6 Å². The predicted molar refractivity (Wildman–Crippen MR) is 69.3 cm³/mol. The van der Waals surface area contributed by atoms with Crippen molar-refractivity contribution in [3.05, 3.63) is 0 Å². The number of nitrogens with zero attached hydrogens (tertiary/aromatic N) is 1. The van der Waals surface area contributed by atoms with E-state index in [0.717, 1.165) is 0 Å². The Labute approximate surface area is 108 Å². The van der Waals surface area contributed by atoms with Crippen molar-refractivity contribution >= 4 is 13.1 Å². The third kappa shape index (κ3) is 3.95. The van der Waals surface area contributed by atoms with Crippen molar-refractivity contribution in [3.8, 4) is 0 Å². The van der Waals surface area contributed by atoms with E-state index >= 15 is 0 Å². The second kappa shape index (κ2) is 6.52. The van der Waals surface area contributed by atoms with Crippen LogP contribution < -0.4 is 5.32 Å². The van der Waals surface area contributed by atoms with Crippen molar-refractivity contribution in [2.24, 2.45) is 0 Å². The summed E-state index contributed by atoms with van der Waals surface area (Å²) in [4.78, 5) is 13.5. The fraction of sp³-hybridized carbons (Fsp3) is 0.909. The number of nitrogens with one attached hydrogen (secondary N) is 1. The van der Waals surface area contributed by atoms with Crippen LogP contribution in [0.4, 0.5) is 0 Å². The number of carboxylic acids is 1. The maximum absolute atomic E-state index is 11.4. The predicted octanol–water partition coefficient (Wildman–Crippen LogP) is -0.624. The maximum Gasteiger partial charge on any atom is 0.451 e. The van der Waals surface area contributed by atoms with Gasteiger partial charge in [0, 0.05) is 12.6 Å². The zero-order valence-electron chi connectivity index (χ0n) is 11.1. The molecule has 1 rings (SSSR count). The first-order valence-electron chi connectivity index (χ1n) is 6.38. The summed E-state index contributed by atoms with van der Waals surface area (Å²) >= 11 is 0. The Bertz CT molecular complexity index is 288. The second-order valence-corrected chi connectivity index (χ2v) is 5.32. The normalized spacial score (nSPS) is 27.7. The Kier molecular flexibility index (Phi) is 5.59. The SMILES string of the molecule is CN(C)C1CNC(CCCCB(O)O)(C(=O)O)C1. The molecule has 6 nitrogen and oxygen atoms in total. The van der Waals surface area contributed by atoms with Crippen LogP contribution in [0.1, 0.15) is 25.7 Å². The van der Waals surface area contributed by atoms with E-state index in [1.54, 1.807) is 0 Å². The van der Waals surface area contributed by atoms with Crippen LogP contribution in [0.2, 0.25) is 6.32 Å². The van der Waals surface area contributed by atoms with E-state index in [0.29, 0.717) is 38.5 Å². The highest BCUT2D eigenvalue weighted by atomic mass is 16.4. The molecule has 1 aliphatic rings. The summed E-state index contributed by atoms with van der Waals surface area (Å²) in [5.74, 6) is -0.809. The Morgan fingerprint density at radius 2 is 2.11 bits per heavy atom. The molecule has 0 spiro atoms. The van der Waals surface area contributed by atoms with Crippen LogP contribution in [0.25, 0.3) is 0 Å². The van der Waals surface area contributed by atoms with Gasteiger partial charge in [0.25, 0.3) is 0 Å². The van der Waals surface area contributed by atoms with E-state index in [4.69, 9.17) is 10.0 Å². The molecule has 0 amide bonds. The lowest BCUT2D eigenvalue weighted by Crippen LogP contribution is -2.47. The molecule has 0 aromatic rings. The maximum atomic E-state index is 11.4. The molecule has 0 aromatic carbocycles. The number of likely N-dealkylation sites (N-methyl/N-ethyl adjacent to an activating group) is 1. The van der Waals surface area contributed by atoms with Crippen LogP contribution >= 0.6 is 0 Å². The van der Waals surface area contributed by atoms with Gasteiger partial charge < -0.3 is 25.4 Å². The zero-order chi connectivity index (χ0) is 13.8. The van der Waals surface area contributed by atoms with E-state index in [2.05, 4.69) is 5.32 Å². The highest BCUT2D eigenvalue weighted by Gasteiger charge is 2.45. The average molecular weight is 258 g/mol. The van der Waals surface area contributed by atoms with Crippen molar-refractivity contribution in [1.82, 2.24) is 10.2 Å². The monoisotopic (exact) mass is 258 g/mol. The quantitative estimate of drug-likeness (QED) is 0.359. The van der Waals surface area contributed by atoms with E-state index in [1.165, 1.54) is 0 Å². The number of unbranched alkanes of at least 4 members (excludes halogenated alkanes) is 1. The molecule has 104 valence electrons. The van der Waals surface area contributed by atoms with Gasteiger partial charge in [-0.1, -0.05) is 12.8 Å². The highest BCUT2D eigenvalue weighted by molar-refractivity contribution is 6.40. The molecule has 2 unspecified atom stereocenters. The lowest BCUT2D eigenvalue weighted by atomic mass is 9.81. The Morgan fingerprint density at radius 3 is 2.56 bits per heavy atom. The summed E-state index contributed by atoms with van der Waals surface area (Å²) in [7, 11) is 2.61. The van der Waals surface area contributed by atoms with E-state index in [9.17, 15) is 9.90 Å². The zero-order valence-corrected chi connectivity index (χ0v) is 11.1. The van der Waals surface area contributed by atoms with Crippen LogP contribution in [-0.4, -0.2) is 65.4 Å². The lowest BCUT2D eigenvalue weighted by Gasteiger charge is -2.25. The van der Waals surface area contributed by atoms with Crippen LogP contribution in [-0.2, 0) is 4.79 Å². The standard InChI is InChI=1S/C11H23BN2O4/c1-14(2)9-7-11(10(15)16,13-8-9)5-3-4-6-12(17)18/h9,13,17-18H,3-8H2,1-2H3,(H,15,16). The van der Waals surface area contributed by atoms with E-state index in [1.807, 2.05) is 19.0 Å². The fourth-order valence-corrected chi connectivity index (χ4v) is 2.44. The summed E-state index contributed by atoms with van der Waals surface area (Å²) in [6.45, 7) is 0.682. The number of hydrogen-bond acceptors (Lipinski definition) is 5. The molecule has 0 bridgehead atoms. The van der Waals surface area contributed by atoms with E-state index < -0.39 is 18.6 Å². The van der Waals surface area contributed by atoms with Crippen molar-refractivity contribution < 1.29 is 19.9 Å². The molecule has 1 fully saturated rings. The van der Waals surface area contributed by atoms with E-state index in [-0.39, 0.29) is 6.04 Å². The first-order chi connectivity index (χ1) is 8.37. The molecule has 18 heavy (non-hydrogen) atoms. The minimum atomic E-state index is -1.29. The number of hydrogen-bond donors (Lipinski definition) is 4. The third-order valence-corrected chi connectivity index (χ3v) is 3.72. The van der Waals surface area contributed by atoms with Crippen LogP contribution in [0.3, 0.4) is 0 Å². The first kappa shape index (κ1) is 15.4. The molecule has 7 heteroatoms. The minimum absolute atomic E-state index is 0.240. The summed E-state index contributed by atoms with van der Waals surface area (Å²) in [6.07, 6.45) is 2.72. The summed E-state index contributed by atoms with van der Waals surface area (Å²) in [5.41, 5.74) is -0.852. The number of carboxylic acid groups (broad SMARTS) is 1. The van der Waals surface area contributed by atoms with Gasteiger partial charge in [-0.15, -0.1) is 0 Å². The molecule has 4 N–H and O–H groups in total. The van der Waals surface area contributed by atoms with Gasteiger partial charge in [0.1, 0.15) is 5.54 Å². The van der Waals surface area contributed by atoms with Gasteiger partial charge in [-0.2, -0.15) is 0 Å². The summed E-state index contributed by atoms with van der Waals surface area (Å²) < 4.78 is 0. The molecule has 0 aromatic heterocycles. The Hall–Kier alpha value is -0.625. The molecule has 0 saturated carbocycles. The summed E-state index contributed by atoms with van der Waals surface area (Å²) in [6, 6.07) is 0.240. The first-order valence-corrected chi connectivity index (χ1v) is 6.38. The third-order valence-electron chi connectivity index (χ3n) is 3.72. The summed E-state index contributed by atoms with van der Waals surface area (Å²) in [5, 5.41) is 30.0. The number of rotatable bonds is 7.